The Kier molecular flexibility index (Phi) is 4.81. The third-order valence-electron chi connectivity index (χ3n) is 4.72. The Morgan fingerprint density at radius 2 is 1.91 bits per heavy atom. The second kappa shape index (κ2) is 6.82. The number of likely N-dealkylation sites (tertiary alicyclic amines) is 1. The van der Waals surface area contributed by atoms with Crippen molar-refractivity contribution in [1.29, 1.82) is 0 Å². The molecule has 2 aliphatic heterocycles. The summed E-state index contributed by atoms with van der Waals surface area (Å²) in [5, 5.41) is 8.01. The average Bonchev–Trinajstić information content (AvgIpc) is 3.12. The van der Waals surface area contributed by atoms with E-state index in [2.05, 4.69) is 39.6 Å². The van der Waals surface area contributed by atoms with Gasteiger partial charge in [-0.05, 0) is 43.0 Å². The van der Waals surface area contributed by atoms with Crippen LogP contribution < -0.4 is 5.32 Å². The van der Waals surface area contributed by atoms with Crippen LogP contribution in [-0.2, 0) is 6.54 Å². The maximum atomic E-state index is 4.27. The smallest absolute Gasteiger partial charge is 0.0645 e. The van der Waals surface area contributed by atoms with E-state index in [9.17, 15) is 0 Å². The Hall–Kier alpha value is -1.36. The van der Waals surface area contributed by atoms with Crippen molar-refractivity contribution in [2.24, 2.45) is 0 Å². The van der Waals surface area contributed by atoms with E-state index in [0.717, 1.165) is 18.3 Å². The summed E-state index contributed by atoms with van der Waals surface area (Å²) in [6.45, 7) is 3.47. The number of hydrogen-bond acceptors (Lipinski definition) is 3. The minimum absolute atomic E-state index is 0. The van der Waals surface area contributed by atoms with Gasteiger partial charge in [0.1, 0.15) is 0 Å². The highest BCUT2D eigenvalue weighted by atomic mass is 35.5. The first kappa shape index (κ1) is 15.5. The van der Waals surface area contributed by atoms with Crippen molar-refractivity contribution >= 4 is 12.4 Å². The van der Waals surface area contributed by atoms with Gasteiger partial charge < -0.3 is 5.32 Å². The maximum absolute atomic E-state index is 4.27. The van der Waals surface area contributed by atoms with Crippen LogP contribution in [0.4, 0.5) is 0 Å². The summed E-state index contributed by atoms with van der Waals surface area (Å²) >= 11 is 0. The van der Waals surface area contributed by atoms with Gasteiger partial charge in [-0.2, -0.15) is 5.10 Å². The average molecular weight is 319 g/mol. The minimum Gasteiger partial charge on any atom is -0.310 e. The van der Waals surface area contributed by atoms with Crippen molar-refractivity contribution in [3.63, 3.8) is 0 Å². The molecule has 1 aromatic carbocycles. The first-order chi connectivity index (χ1) is 10.4. The van der Waals surface area contributed by atoms with Crippen LogP contribution in [-0.4, -0.2) is 39.9 Å². The Labute approximate surface area is 137 Å². The van der Waals surface area contributed by atoms with Gasteiger partial charge in [-0.25, -0.2) is 4.68 Å². The molecular weight excluding hydrogens is 296 g/mol. The molecule has 5 heteroatoms. The number of nitrogens with zero attached hydrogens (tertiary/aromatic N) is 3. The molecule has 2 saturated heterocycles. The fourth-order valence-corrected chi connectivity index (χ4v) is 3.59. The predicted molar refractivity (Wildman–Crippen MR) is 90.7 cm³/mol. The molecule has 2 atom stereocenters. The summed E-state index contributed by atoms with van der Waals surface area (Å²) in [5.41, 5.74) is 2.52. The van der Waals surface area contributed by atoms with Gasteiger partial charge in [-0.1, -0.05) is 12.1 Å². The van der Waals surface area contributed by atoms with Gasteiger partial charge in [0.25, 0.3) is 0 Å². The molecule has 2 unspecified atom stereocenters. The minimum atomic E-state index is 0. The molecule has 2 fully saturated rings. The molecule has 0 amide bonds. The van der Waals surface area contributed by atoms with E-state index in [0.29, 0.717) is 6.04 Å². The number of nitrogens with one attached hydrogen (secondary N) is 1. The Morgan fingerprint density at radius 1 is 1.09 bits per heavy atom. The largest absolute Gasteiger partial charge is 0.310 e. The van der Waals surface area contributed by atoms with Crippen molar-refractivity contribution < 1.29 is 0 Å². The van der Waals surface area contributed by atoms with Gasteiger partial charge in [0, 0.05) is 44.1 Å². The molecule has 0 radical (unpaired) electrons. The van der Waals surface area contributed by atoms with Crippen LogP contribution in [0.15, 0.2) is 42.7 Å². The van der Waals surface area contributed by atoms with Crippen molar-refractivity contribution in [1.82, 2.24) is 20.0 Å². The number of benzene rings is 1. The normalized spacial score (nSPS) is 24.7. The van der Waals surface area contributed by atoms with Gasteiger partial charge >= 0.3 is 0 Å². The molecule has 22 heavy (non-hydrogen) atoms. The molecule has 4 rings (SSSR count). The topological polar surface area (TPSA) is 33.1 Å². The first-order valence-electron chi connectivity index (χ1n) is 7.94. The fourth-order valence-electron chi connectivity index (χ4n) is 3.59. The zero-order chi connectivity index (χ0) is 14.1. The van der Waals surface area contributed by atoms with Gasteiger partial charge in [0.05, 0.1) is 5.69 Å². The van der Waals surface area contributed by atoms with Crippen molar-refractivity contribution in [3.05, 3.63) is 48.3 Å². The summed E-state index contributed by atoms with van der Waals surface area (Å²) in [6, 6.07) is 12.2. The number of halogens is 1. The number of aromatic nitrogens is 2. The van der Waals surface area contributed by atoms with E-state index >= 15 is 0 Å². The molecule has 118 valence electrons. The van der Waals surface area contributed by atoms with Gasteiger partial charge in [0.2, 0.25) is 0 Å². The highest BCUT2D eigenvalue weighted by molar-refractivity contribution is 5.85. The molecule has 2 aliphatic rings. The van der Waals surface area contributed by atoms with Crippen LogP contribution in [0, 0.1) is 0 Å². The molecule has 4 nitrogen and oxygen atoms in total. The lowest BCUT2D eigenvalue weighted by Gasteiger charge is -2.24. The van der Waals surface area contributed by atoms with Crippen LogP contribution in [0.25, 0.3) is 5.69 Å². The lowest BCUT2D eigenvalue weighted by molar-refractivity contribution is 0.251. The van der Waals surface area contributed by atoms with Crippen LogP contribution in [0.2, 0.25) is 0 Å². The Bertz CT molecular complexity index is 581. The highest BCUT2D eigenvalue weighted by Crippen LogP contribution is 2.21. The number of fused-ring (bicyclic) bond motifs is 2. The summed E-state index contributed by atoms with van der Waals surface area (Å²) in [7, 11) is 0. The first-order valence-corrected chi connectivity index (χ1v) is 7.94. The second-order valence-corrected chi connectivity index (χ2v) is 6.28. The molecule has 1 aromatic heterocycles. The van der Waals surface area contributed by atoms with Crippen molar-refractivity contribution in [2.45, 2.75) is 37.9 Å². The molecule has 1 N–H and O–H groups in total. The van der Waals surface area contributed by atoms with Gasteiger partial charge in [-0.3, -0.25) is 4.90 Å². The SMILES string of the molecule is Cl.c1cnn(-c2ccc(CN3CCC4CCC(C3)N4)cc2)c1. The zero-order valence-corrected chi connectivity index (χ0v) is 13.5. The van der Waals surface area contributed by atoms with Crippen LogP contribution in [0.5, 0.6) is 0 Å². The second-order valence-electron chi connectivity index (χ2n) is 6.28. The highest BCUT2D eigenvalue weighted by Gasteiger charge is 2.28. The van der Waals surface area contributed by atoms with Crippen LogP contribution in [0.3, 0.4) is 0 Å². The van der Waals surface area contributed by atoms with Crippen molar-refractivity contribution in [2.75, 3.05) is 13.1 Å². The summed E-state index contributed by atoms with van der Waals surface area (Å²) in [5.74, 6) is 0. The quantitative estimate of drug-likeness (QED) is 0.944. The number of rotatable bonds is 3. The van der Waals surface area contributed by atoms with E-state index in [-0.39, 0.29) is 12.4 Å². The molecule has 2 bridgehead atoms. The van der Waals surface area contributed by atoms with E-state index in [1.54, 1.807) is 0 Å². The number of hydrogen-bond donors (Lipinski definition) is 1. The van der Waals surface area contributed by atoms with E-state index < -0.39 is 0 Å². The van der Waals surface area contributed by atoms with Gasteiger partial charge in [-0.15, -0.1) is 12.4 Å². The molecule has 3 heterocycles. The molecule has 0 aliphatic carbocycles. The summed E-state index contributed by atoms with van der Waals surface area (Å²) in [6.07, 6.45) is 7.80. The fraction of sp³-hybridized carbons (Fsp3) is 0.471. The van der Waals surface area contributed by atoms with Crippen LogP contribution >= 0.6 is 12.4 Å². The Balaban J connectivity index is 0.00000144. The summed E-state index contributed by atoms with van der Waals surface area (Å²) < 4.78 is 1.90. The molecule has 2 aromatic rings. The standard InChI is InChI=1S/C17H22N4.ClH/c1-9-18-21(10-1)17-6-2-14(3-7-17)12-20-11-8-15-4-5-16(13-20)19-15;/h1-3,6-7,9-10,15-16,19H,4-5,8,11-13H2;1H. The predicted octanol–water partition coefficient (Wildman–Crippen LogP) is 2.62. The Morgan fingerprint density at radius 3 is 2.68 bits per heavy atom. The van der Waals surface area contributed by atoms with E-state index in [1.807, 2.05) is 23.1 Å². The zero-order valence-electron chi connectivity index (χ0n) is 12.7. The molecule has 0 spiro atoms. The maximum Gasteiger partial charge on any atom is 0.0645 e. The van der Waals surface area contributed by atoms with Crippen molar-refractivity contribution in [3.8, 4) is 5.69 Å². The third kappa shape index (κ3) is 3.35. The van der Waals surface area contributed by atoms with E-state index in [4.69, 9.17) is 0 Å². The third-order valence-corrected chi connectivity index (χ3v) is 4.72. The van der Waals surface area contributed by atoms with Gasteiger partial charge in [0.15, 0.2) is 0 Å². The lowest BCUT2D eigenvalue weighted by Crippen LogP contribution is -2.34. The lowest BCUT2D eigenvalue weighted by atomic mass is 10.1. The molecule has 0 saturated carbocycles. The monoisotopic (exact) mass is 318 g/mol. The van der Waals surface area contributed by atoms with Crippen LogP contribution in [0.1, 0.15) is 24.8 Å². The summed E-state index contributed by atoms with van der Waals surface area (Å²) in [4.78, 5) is 2.60. The molecular formula is C17H23ClN4. The van der Waals surface area contributed by atoms with E-state index in [1.165, 1.54) is 37.9 Å².